The van der Waals surface area contributed by atoms with Crippen molar-refractivity contribution in [3.8, 4) is 11.5 Å². The Balaban J connectivity index is 1.97. The van der Waals surface area contributed by atoms with Gasteiger partial charge in [0.25, 0.3) is 0 Å². The highest BCUT2D eigenvalue weighted by Gasteiger charge is 2.24. The summed E-state index contributed by atoms with van der Waals surface area (Å²) in [4.78, 5) is 21.4. The fraction of sp³-hybridized carbons (Fsp3) is 0.391. The first-order valence-electron chi connectivity index (χ1n) is 10.3. The molecule has 0 aliphatic carbocycles. The van der Waals surface area contributed by atoms with Crippen LogP contribution in [0, 0.1) is 0 Å². The molecule has 0 saturated carbocycles. The third-order valence-electron chi connectivity index (χ3n) is 5.32. The molecule has 0 atom stereocenters. The molecule has 30 heavy (non-hydrogen) atoms. The molecule has 0 aliphatic rings. The lowest BCUT2D eigenvalue weighted by molar-refractivity contribution is -0.894. The van der Waals surface area contributed by atoms with Crippen LogP contribution in [0.4, 0.5) is 5.13 Å². The smallest absolute Gasteiger partial charge is 0.233 e. The highest BCUT2D eigenvalue weighted by Crippen LogP contribution is 2.40. The second-order valence-corrected chi connectivity index (χ2v) is 8.04. The summed E-state index contributed by atoms with van der Waals surface area (Å²) in [5.74, 6) is 1.46. The number of ether oxygens (including phenoxy) is 2. The van der Waals surface area contributed by atoms with Crippen molar-refractivity contribution >= 4 is 32.6 Å². The summed E-state index contributed by atoms with van der Waals surface area (Å²) in [6.07, 6.45) is 0.346. The molecule has 2 aromatic carbocycles. The first kappa shape index (κ1) is 22.1. The van der Waals surface area contributed by atoms with Gasteiger partial charge in [-0.3, -0.25) is 9.69 Å². The van der Waals surface area contributed by atoms with E-state index in [2.05, 4.69) is 13.8 Å². The van der Waals surface area contributed by atoms with Gasteiger partial charge in [-0.05, 0) is 31.5 Å². The van der Waals surface area contributed by atoms with Crippen molar-refractivity contribution in [3.05, 3.63) is 48.0 Å². The number of quaternary nitrogens is 1. The number of carbonyl (C=O) groups excluding carboxylic acids is 1. The molecular weight excluding hydrogens is 398 g/mol. The zero-order valence-electron chi connectivity index (χ0n) is 18.1. The van der Waals surface area contributed by atoms with Crippen molar-refractivity contribution in [1.82, 2.24) is 4.98 Å². The molecular formula is C23H30N3O3S+. The maximum Gasteiger partial charge on any atom is 0.233 e. The average molecular weight is 429 g/mol. The van der Waals surface area contributed by atoms with Gasteiger partial charge in [0.15, 0.2) is 5.13 Å². The van der Waals surface area contributed by atoms with Gasteiger partial charge >= 0.3 is 0 Å². The lowest BCUT2D eigenvalue weighted by Gasteiger charge is -2.23. The van der Waals surface area contributed by atoms with Gasteiger partial charge in [0.2, 0.25) is 5.91 Å². The van der Waals surface area contributed by atoms with Crippen molar-refractivity contribution < 1.29 is 19.2 Å². The van der Waals surface area contributed by atoms with Crippen LogP contribution in [0.5, 0.6) is 11.5 Å². The number of methoxy groups -OCH3 is 2. The van der Waals surface area contributed by atoms with E-state index in [4.69, 9.17) is 14.5 Å². The van der Waals surface area contributed by atoms with Crippen LogP contribution in [0.2, 0.25) is 0 Å². The molecule has 3 aromatic rings. The van der Waals surface area contributed by atoms with Gasteiger partial charge < -0.3 is 14.4 Å². The molecule has 1 aromatic heterocycles. The maximum atomic E-state index is 13.3. The predicted molar refractivity (Wildman–Crippen MR) is 122 cm³/mol. The highest BCUT2D eigenvalue weighted by atomic mass is 32.1. The number of nitrogens with one attached hydrogen (secondary N) is 1. The second kappa shape index (κ2) is 10.4. The number of thiazole rings is 1. The summed E-state index contributed by atoms with van der Waals surface area (Å²) in [6.45, 7) is 7.88. The monoisotopic (exact) mass is 428 g/mol. The van der Waals surface area contributed by atoms with Crippen LogP contribution in [0.3, 0.4) is 0 Å². The number of anilines is 1. The molecule has 160 valence electrons. The zero-order chi connectivity index (χ0) is 21.5. The number of aromatic nitrogens is 1. The minimum atomic E-state index is 0.0461. The Morgan fingerprint density at radius 2 is 1.70 bits per heavy atom. The van der Waals surface area contributed by atoms with Crippen molar-refractivity contribution in [2.24, 2.45) is 0 Å². The molecule has 3 rings (SSSR count). The number of likely N-dealkylation sites (N-methyl/N-ethyl adjacent to an activating group) is 1. The van der Waals surface area contributed by atoms with E-state index in [1.807, 2.05) is 47.4 Å². The molecule has 0 unspecified atom stereocenters. The standard InChI is InChI=1S/C23H29N3O3S/c1-5-25(6-2)14-15-26(20(27)16-17-10-8-7-9-11-17)23-24-21-18(28-3)12-13-19(29-4)22(21)30-23/h7-13H,5-6,14-16H2,1-4H3/p+1. The Labute approximate surface area is 182 Å². The third-order valence-corrected chi connectivity index (χ3v) is 6.41. The van der Waals surface area contributed by atoms with E-state index in [0.717, 1.165) is 41.2 Å². The largest absolute Gasteiger partial charge is 0.495 e. The second-order valence-electron chi connectivity index (χ2n) is 7.06. The summed E-state index contributed by atoms with van der Waals surface area (Å²) in [5, 5.41) is 0.681. The molecule has 7 heteroatoms. The first-order valence-corrected chi connectivity index (χ1v) is 11.1. The van der Waals surface area contributed by atoms with Gasteiger partial charge in [-0.1, -0.05) is 41.7 Å². The van der Waals surface area contributed by atoms with Crippen LogP contribution in [0.15, 0.2) is 42.5 Å². The minimum Gasteiger partial charge on any atom is -0.495 e. The average Bonchev–Trinajstić information content (AvgIpc) is 3.21. The van der Waals surface area contributed by atoms with Crippen molar-refractivity contribution in [2.45, 2.75) is 20.3 Å². The lowest BCUT2D eigenvalue weighted by atomic mass is 10.1. The molecule has 0 saturated heterocycles. The summed E-state index contributed by atoms with van der Waals surface area (Å²) in [6, 6.07) is 13.6. The number of benzene rings is 2. The van der Waals surface area contributed by atoms with Crippen molar-refractivity contribution in [3.63, 3.8) is 0 Å². The number of fused-ring (bicyclic) bond motifs is 1. The molecule has 1 amide bonds. The van der Waals surface area contributed by atoms with Gasteiger partial charge in [0.1, 0.15) is 21.7 Å². The van der Waals surface area contributed by atoms with Gasteiger partial charge in [0, 0.05) is 0 Å². The molecule has 0 aliphatic heterocycles. The number of hydrogen-bond donors (Lipinski definition) is 1. The summed E-state index contributed by atoms with van der Waals surface area (Å²) >= 11 is 1.47. The third kappa shape index (κ3) is 4.91. The summed E-state index contributed by atoms with van der Waals surface area (Å²) in [5.41, 5.74) is 1.73. The Morgan fingerprint density at radius 3 is 2.33 bits per heavy atom. The number of nitrogens with zero attached hydrogens (tertiary/aromatic N) is 2. The SMILES string of the molecule is CC[NH+](CC)CCN(C(=O)Cc1ccccc1)c1nc2c(OC)ccc(OC)c2s1. The van der Waals surface area contributed by atoms with Gasteiger partial charge in [0.05, 0.1) is 46.8 Å². The summed E-state index contributed by atoms with van der Waals surface area (Å²) in [7, 11) is 3.27. The van der Waals surface area contributed by atoms with Crippen LogP contribution < -0.4 is 19.3 Å². The van der Waals surface area contributed by atoms with Crippen molar-refractivity contribution in [1.29, 1.82) is 0 Å². The van der Waals surface area contributed by atoms with Crippen LogP contribution >= 0.6 is 11.3 Å². The fourth-order valence-corrected chi connectivity index (χ4v) is 4.57. The van der Waals surface area contributed by atoms with Crippen LogP contribution in [-0.2, 0) is 11.2 Å². The molecule has 0 fully saturated rings. The Morgan fingerprint density at radius 1 is 1.03 bits per heavy atom. The maximum absolute atomic E-state index is 13.3. The van der Waals surface area contributed by atoms with Gasteiger partial charge in [-0.15, -0.1) is 0 Å². The van der Waals surface area contributed by atoms with E-state index >= 15 is 0 Å². The Bertz CT molecular complexity index is 929. The number of rotatable bonds is 10. The number of carbonyl (C=O) groups is 1. The van der Waals surface area contributed by atoms with E-state index in [9.17, 15) is 4.79 Å². The Kier molecular flexibility index (Phi) is 7.65. The molecule has 6 nitrogen and oxygen atoms in total. The molecule has 0 spiro atoms. The lowest BCUT2D eigenvalue weighted by Crippen LogP contribution is -3.12. The topological polar surface area (TPSA) is 56.1 Å². The van der Waals surface area contributed by atoms with Gasteiger partial charge in [-0.2, -0.15) is 0 Å². The van der Waals surface area contributed by atoms with Crippen molar-refractivity contribution in [2.75, 3.05) is 45.3 Å². The van der Waals surface area contributed by atoms with E-state index in [1.165, 1.54) is 16.2 Å². The van der Waals surface area contributed by atoms with Crippen LogP contribution in [0.25, 0.3) is 10.2 Å². The molecule has 0 radical (unpaired) electrons. The quantitative estimate of drug-likeness (QED) is 0.540. The van der Waals surface area contributed by atoms with Gasteiger partial charge in [-0.25, -0.2) is 4.98 Å². The number of hydrogen-bond acceptors (Lipinski definition) is 5. The fourth-order valence-electron chi connectivity index (χ4n) is 3.46. The van der Waals surface area contributed by atoms with E-state index in [1.54, 1.807) is 14.2 Å². The molecule has 0 bridgehead atoms. The normalized spacial score (nSPS) is 11.1. The first-order chi connectivity index (χ1) is 14.6. The molecule has 1 N–H and O–H groups in total. The highest BCUT2D eigenvalue weighted by molar-refractivity contribution is 7.22. The van der Waals surface area contributed by atoms with E-state index < -0.39 is 0 Å². The number of amides is 1. The zero-order valence-corrected chi connectivity index (χ0v) is 18.9. The Hall–Kier alpha value is -2.64. The van der Waals surface area contributed by atoms with E-state index in [0.29, 0.717) is 23.8 Å². The van der Waals surface area contributed by atoms with Crippen LogP contribution in [-0.4, -0.2) is 51.3 Å². The summed E-state index contributed by atoms with van der Waals surface area (Å²) < 4.78 is 11.9. The predicted octanol–water partition coefficient (Wildman–Crippen LogP) is 2.81. The molecule has 1 heterocycles. The van der Waals surface area contributed by atoms with Crippen LogP contribution in [0.1, 0.15) is 19.4 Å². The van der Waals surface area contributed by atoms with E-state index in [-0.39, 0.29) is 5.91 Å². The minimum absolute atomic E-state index is 0.0461.